The summed E-state index contributed by atoms with van der Waals surface area (Å²) >= 11 is 0. The van der Waals surface area contributed by atoms with Gasteiger partial charge in [-0.25, -0.2) is 9.78 Å². The van der Waals surface area contributed by atoms with E-state index in [0.29, 0.717) is 11.4 Å². The van der Waals surface area contributed by atoms with Gasteiger partial charge in [0.15, 0.2) is 0 Å². The van der Waals surface area contributed by atoms with Crippen molar-refractivity contribution in [2.45, 2.75) is 44.9 Å². The van der Waals surface area contributed by atoms with E-state index in [1.54, 1.807) is 4.57 Å². The molecule has 1 aliphatic heterocycles. The number of piperidine rings is 1. The maximum Gasteiger partial charge on any atom is 0.416 e. The van der Waals surface area contributed by atoms with Gasteiger partial charge < -0.3 is 4.98 Å². The Bertz CT molecular complexity index is 1410. The van der Waals surface area contributed by atoms with Crippen molar-refractivity contribution in [3.8, 4) is 11.4 Å². The van der Waals surface area contributed by atoms with E-state index in [-0.39, 0.29) is 17.8 Å². The molecular weight excluding hydrogens is 455 g/mol. The van der Waals surface area contributed by atoms with Crippen molar-refractivity contribution >= 4 is 11.0 Å². The van der Waals surface area contributed by atoms with Gasteiger partial charge in [-0.1, -0.05) is 24.3 Å². The fraction of sp³-hybridized carbons (Fsp3) is 0.385. The predicted octanol–water partition coefficient (Wildman–Crippen LogP) is 5.46. The van der Waals surface area contributed by atoms with Crippen molar-refractivity contribution in [1.82, 2.24) is 24.0 Å². The standard InChI is InChI=1S/C26H28F3N5O/c1-16-23(31-24(30-16)18-8-10-19(11-9-18)26(27,28)29)17(2)33-14-12-20(13-15-33)34-22-7-5-4-6-21(22)32(3)25(34)35/h4-11,17,20H,12-15H2,1-3H3,(H,30,31). The molecule has 1 N–H and O–H groups in total. The first kappa shape index (κ1) is 23.4. The molecule has 2 aromatic carbocycles. The minimum atomic E-state index is -4.36. The van der Waals surface area contributed by atoms with E-state index in [9.17, 15) is 18.0 Å². The van der Waals surface area contributed by atoms with Crippen LogP contribution in [0.25, 0.3) is 22.4 Å². The molecule has 0 saturated carbocycles. The third kappa shape index (κ3) is 4.18. The summed E-state index contributed by atoms with van der Waals surface area (Å²) in [7, 11) is 1.81. The SMILES string of the molecule is Cc1[nH]c(-c2ccc(C(F)(F)F)cc2)nc1C(C)N1CCC(n2c(=O)n(C)c3ccccc32)CC1. The molecule has 5 rings (SSSR count). The number of H-pyrrole nitrogens is 1. The van der Waals surface area contributed by atoms with Crippen LogP contribution in [0.15, 0.2) is 53.3 Å². The Balaban J connectivity index is 1.32. The van der Waals surface area contributed by atoms with Gasteiger partial charge in [0.25, 0.3) is 0 Å². The molecule has 0 amide bonds. The highest BCUT2D eigenvalue weighted by Gasteiger charge is 2.31. The average molecular weight is 484 g/mol. The first-order valence-corrected chi connectivity index (χ1v) is 11.8. The number of aromatic amines is 1. The molecule has 35 heavy (non-hydrogen) atoms. The molecule has 1 unspecified atom stereocenters. The fourth-order valence-electron chi connectivity index (χ4n) is 5.21. The van der Waals surface area contributed by atoms with E-state index in [0.717, 1.165) is 60.5 Å². The summed E-state index contributed by atoms with van der Waals surface area (Å²) in [5.41, 5.74) is 3.66. The number of likely N-dealkylation sites (tertiary alicyclic amines) is 1. The predicted molar refractivity (Wildman–Crippen MR) is 129 cm³/mol. The summed E-state index contributed by atoms with van der Waals surface area (Å²) in [4.78, 5) is 23.3. The minimum absolute atomic E-state index is 0.0158. The van der Waals surface area contributed by atoms with Crippen LogP contribution in [0, 0.1) is 6.92 Å². The largest absolute Gasteiger partial charge is 0.416 e. The van der Waals surface area contributed by atoms with Gasteiger partial charge in [-0.2, -0.15) is 13.2 Å². The minimum Gasteiger partial charge on any atom is -0.342 e. The third-order valence-electron chi connectivity index (χ3n) is 7.21. The maximum absolute atomic E-state index is 12.9. The highest BCUT2D eigenvalue weighted by Crippen LogP contribution is 2.33. The number of hydrogen-bond donors (Lipinski definition) is 1. The molecule has 0 spiro atoms. The zero-order valence-corrected chi connectivity index (χ0v) is 19.9. The van der Waals surface area contributed by atoms with Gasteiger partial charge in [0.1, 0.15) is 5.82 Å². The molecule has 184 valence electrons. The van der Waals surface area contributed by atoms with Crippen LogP contribution in [0.4, 0.5) is 13.2 Å². The lowest BCUT2D eigenvalue weighted by Crippen LogP contribution is -2.39. The number of halogens is 3. The van der Waals surface area contributed by atoms with Gasteiger partial charge in [0.05, 0.1) is 28.3 Å². The molecule has 3 heterocycles. The highest BCUT2D eigenvalue weighted by atomic mass is 19.4. The Morgan fingerprint density at radius 1 is 1.03 bits per heavy atom. The molecule has 0 aliphatic carbocycles. The quantitative estimate of drug-likeness (QED) is 0.420. The van der Waals surface area contributed by atoms with Gasteiger partial charge in [0, 0.05) is 37.4 Å². The van der Waals surface area contributed by atoms with Gasteiger partial charge in [-0.15, -0.1) is 0 Å². The maximum atomic E-state index is 12.9. The lowest BCUT2D eigenvalue weighted by atomic mass is 10.0. The molecule has 0 bridgehead atoms. The number of benzene rings is 2. The van der Waals surface area contributed by atoms with Crippen LogP contribution in [-0.2, 0) is 13.2 Å². The summed E-state index contributed by atoms with van der Waals surface area (Å²) in [6.07, 6.45) is -2.65. The smallest absolute Gasteiger partial charge is 0.342 e. The first-order chi connectivity index (χ1) is 16.6. The van der Waals surface area contributed by atoms with Crippen molar-refractivity contribution in [1.29, 1.82) is 0 Å². The van der Waals surface area contributed by atoms with Crippen molar-refractivity contribution in [2.75, 3.05) is 13.1 Å². The number of fused-ring (bicyclic) bond motifs is 1. The van der Waals surface area contributed by atoms with E-state index in [1.807, 2.05) is 42.8 Å². The number of hydrogen-bond acceptors (Lipinski definition) is 3. The summed E-state index contributed by atoms with van der Waals surface area (Å²) in [6.45, 7) is 5.69. The normalized spacial score (nSPS) is 16.7. The third-order valence-corrected chi connectivity index (χ3v) is 7.21. The van der Waals surface area contributed by atoms with Crippen LogP contribution in [0.2, 0.25) is 0 Å². The van der Waals surface area contributed by atoms with Gasteiger partial charge in [-0.05, 0) is 51.0 Å². The summed E-state index contributed by atoms with van der Waals surface area (Å²) in [5, 5.41) is 0. The molecule has 1 saturated heterocycles. The number of aromatic nitrogens is 4. The lowest BCUT2D eigenvalue weighted by molar-refractivity contribution is -0.137. The molecule has 4 aromatic rings. The second-order valence-electron chi connectivity index (χ2n) is 9.31. The van der Waals surface area contributed by atoms with Crippen molar-refractivity contribution < 1.29 is 13.2 Å². The number of aryl methyl sites for hydroxylation is 2. The molecule has 1 fully saturated rings. The molecule has 9 heteroatoms. The van der Waals surface area contributed by atoms with Crippen LogP contribution in [-0.4, -0.2) is 37.1 Å². The number of imidazole rings is 2. The van der Waals surface area contributed by atoms with Gasteiger partial charge in [-0.3, -0.25) is 14.0 Å². The summed E-state index contributed by atoms with van der Waals surface area (Å²) in [6, 6.07) is 13.1. The molecule has 1 aliphatic rings. The lowest BCUT2D eigenvalue weighted by Gasteiger charge is -2.36. The van der Waals surface area contributed by atoms with E-state index in [2.05, 4.69) is 16.8 Å². The number of para-hydroxylation sites is 2. The zero-order valence-electron chi connectivity index (χ0n) is 19.9. The molecule has 0 radical (unpaired) electrons. The average Bonchev–Trinajstić information content (AvgIpc) is 3.36. The number of alkyl halides is 3. The Kier molecular flexibility index (Phi) is 5.83. The van der Waals surface area contributed by atoms with Crippen molar-refractivity contribution in [2.24, 2.45) is 7.05 Å². The van der Waals surface area contributed by atoms with E-state index < -0.39 is 11.7 Å². The van der Waals surface area contributed by atoms with Gasteiger partial charge in [0.2, 0.25) is 0 Å². The van der Waals surface area contributed by atoms with E-state index in [1.165, 1.54) is 12.1 Å². The highest BCUT2D eigenvalue weighted by molar-refractivity contribution is 5.76. The Morgan fingerprint density at radius 2 is 1.66 bits per heavy atom. The molecule has 6 nitrogen and oxygen atoms in total. The summed E-state index contributed by atoms with van der Waals surface area (Å²) < 4.78 is 42.3. The summed E-state index contributed by atoms with van der Waals surface area (Å²) in [5.74, 6) is 0.565. The Hall–Kier alpha value is -3.33. The fourth-order valence-corrected chi connectivity index (χ4v) is 5.21. The molecular formula is C26H28F3N5O. The Morgan fingerprint density at radius 3 is 2.29 bits per heavy atom. The van der Waals surface area contributed by atoms with Crippen LogP contribution >= 0.6 is 0 Å². The molecule has 2 aromatic heterocycles. The number of rotatable bonds is 4. The number of nitrogens with zero attached hydrogens (tertiary/aromatic N) is 4. The first-order valence-electron chi connectivity index (χ1n) is 11.8. The Labute approximate surface area is 201 Å². The van der Waals surface area contributed by atoms with Crippen molar-refractivity contribution in [3.63, 3.8) is 0 Å². The number of nitrogens with one attached hydrogen (secondary N) is 1. The zero-order chi connectivity index (χ0) is 24.9. The monoisotopic (exact) mass is 483 g/mol. The van der Waals surface area contributed by atoms with E-state index in [4.69, 9.17) is 4.98 Å². The second-order valence-corrected chi connectivity index (χ2v) is 9.31. The van der Waals surface area contributed by atoms with Gasteiger partial charge >= 0.3 is 11.9 Å². The van der Waals surface area contributed by atoms with Crippen LogP contribution < -0.4 is 5.69 Å². The second kappa shape index (κ2) is 8.71. The topological polar surface area (TPSA) is 58.9 Å². The van der Waals surface area contributed by atoms with Crippen LogP contribution in [0.5, 0.6) is 0 Å². The van der Waals surface area contributed by atoms with E-state index >= 15 is 0 Å². The molecule has 1 atom stereocenters. The van der Waals surface area contributed by atoms with Crippen molar-refractivity contribution in [3.05, 3.63) is 76.0 Å². The van der Waals surface area contributed by atoms with Crippen LogP contribution in [0.3, 0.4) is 0 Å². The van der Waals surface area contributed by atoms with Crippen LogP contribution in [0.1, 0.15) is 48.8 Å².